The SMILES string of the molecule is CCCCCNC(=O)c1cc(S)cs1. The fourth-order valence-electron chi connectivity index (χ4n) is 1.11. The average molecular weight is 229 g/mol. The first kappa shape index (κ1) is 11.6. The summed E-state index contributed by atoms with van der Waals surface area (Å²) in [4.78, 5) is 13.1. The molecule has 1 aromatic rings. The predicted molar refractivity (Wildman–Crippen MR) is 63.4 cm³/mol. The highest BCUT2D eigenvalue weighted by atomic mass is 32.1. The fourth-order valence-corrected chi connectivity index (χ4v) is 2.17. The van der Waals surface area contributed by atoms with Crippen LogP contribution in [-0.2, 0) is 0 Å². The number of unbranched alkanes of at least 4 members (excludes halogenated alkanes) is 2. The molecule has 78 valence electrons. The second-order valence-electron chi connectivity index (χ2n) is 3.13. The van der Waals surface area contributed by atoms with Gasteiger partial charge in [-0.05, 0) is 12.5 Å². The van der Waals surface area contributed by atoms with Gasteiger partial charge in [-0.1, -0.05) is 19.8 Å². The standard InChI is InChI=1S/C10H15NOS2/c1-2-3-4-5-11-10(12)9-6-8(13)7-14-9/h6-7,13H,2-5H2,1H3,(H,11,12). The van der Waals surface area contributed by atoms with Crippen molar-refractivity contribution in [1.82, 2.24) is 5.32 Å². The maximum Gasteiger partial charge on any atom is 0.261 e. The molecule has 0 aliphatic heterocycles. The highest BCUT2D eigenvalue weighted by Gasteiger charge is 2.06. The van der Waals surface area contributed by atoms with E-state index in [2.05, 4.69) is 24.9 Å². The van der Waals surface area contributed by atoms with Crippen molar-refractivity contribution in [3.8, 4) is 0 Å². The highest BCUT2D eigenvalue weighted by Crippen LogP contribution is 2.17. The van der Waals surface area contributed by atoms with Gasteiger partial charge in [0.1, 0.15) is 0 Å². The number of nitrogens with one attached hydrogen (secondary N) is 1. The van der Waals surface area contributed by atoms with Crippen LogP contribution < -0.4 is 5.32 Å². The molecule has 0 bridgehead atoms. The summed E-state index contributed by atoms with van der Waals surface area (Å²) in [7, 11) is 0. The van der Waals surface area contributed by atoms with E-state index in [1.165, 1.54) is 24.2 Å². The summed E-state index contributed by atoms with van der Waals surface area (Å²) in [5, 5.41) is 4.75. The molecule has 2 nitrogen and oxygen atoms in total. The van der Waals surface area contributed by atoms with Crippen LogP contribution >= 0.6 is 24.0 Å². The first-order valence-corrected chi connectivity index (χ1v) is 6.12. The minimum Gasteiger partial charge on any atom is -0.351 e. The molecule has 0 fully saturated rings. The van der Waals surface area contributed by atoms with Crippen LogP contribution in [0, 0.1) is 0 Å². The summed E-state index contributed by atoms with van der Waals surface area (Å²) in [6, 6.07) is 1.79. The van der Waals surface area contributed by atoms with Gasteiger partial charge in [-0.2, -0.15) is 0 Å². The summed E-state index contributed by atoms with van der Waals surface area (Å²) in [6.45, 7) is 2.92. The van der Waals surface area contributed by atoms with E-state index < -0.39 is 0 Å². The zero-order chi connectivity index (χ0) is 10.4. The molecule has 1 amide bonds. The van der Waals surface area contributed by atoms with E-state index in [0.29, 0.717) is 0 Å². The van der Waals surface area contributed by atoms with Crippen molar-refractivity contribution in [2.24, 2.45) is 0 Å². The Morgan fingerprint density at radius 1 is 1.57 bits per heavy atom. The van der Waals surface area contributed by atoms with Crippen molar-refractivity contribution in [3.05, 3.63) is 16.3 Å². The van der Waals surface area contributed by atoms with Crippen LogP contribution in [0.15, 0.2) is 16.3 Å². The van der Waals surface area contributed by atoms with E-state index in [-0.39, 0.29) is 5.91 Å². The van der Waals surface area contributed by atoms with Crippen molar-refractivity contribution >= 4 is 29.9 Å². The maximum atomic E-state index is 11.5. The van der Waals surface area contributed by atoms with E-state index in [9.17, 15) is 4.79 Å². The molecule has 1 rings (SSSR count). The molecule has 0 atom stereocenters. The zero-order valence-corrected chi connectivity index (χ0v) is 9.96. The average Bonchev–Trinajstić information content (AvgIpc) is 2.59. The molecule has 0 radical (unpaired) electrons. The van der Waals surface area contributed by atoms with Gasteiger partial charge in [-0.15, -0.1) is 24.0 Å². The van der Waals surface area contributed by atoms with Gasteiger partial charge in [0.15, 0.2) is 0 Å². The van der Waals surface area contributed by atoms with Crippen molar-refractivity contribution < 1.29 is 4.79 Å². The van der Waals surface area contributed by atoms with Crippen LogP contribution in [-0.4, -0.2) is 12.5 Å². The van der Waals surface area contributed by atoms with E-state index in [1.54, 1.807) is 6.07 Å². The minimum absolute atomic E-state index is 0.0198. The highest BCUT2D eigenvalue weighted by molar-refractivity contribution is 7.80. The first-order chi connectivity index (χ1) is 6.74. The second kappa shape index (κ2) is 6.09. The van der Waals surface area contributed by atoms with Gasteiger partial charge in [-0.25, -0.2) is 0 Å². The maximum absolute atomic E-state index is 11.5. The molecule has 14 heavy (non-hydrogen) atoms. The lowest BCUT2D eigenvalue weighted by Crippen LogP contribution is -2.23. The molecular formula is C10H15NOS2. The second-order valence-corrected chi connectivity index (χ2v) is 4.56. The Bertz CT molecular complexity index is 296. The number of carbonyl (C=O) groups excluding carboxylic acids is 1. The Hall–Kier alpha value is -0.480. The third-order valence-corrected chi connectivity index (χ3v) is 3.24. The number of hydrogen-bond acceptors (Lipinski definition) is 3. The largest absolute Gasteiger partial charge is 0.351 e. The van der Waals surface area contributed by atoms with Crippen LogP contribution in [0.25, 0.3) is 0 Å². The third-order valence-electron chi connectivity index (χ3n) is 1.88. The number of carbonyl (C=O) groups is 1. The summed E-state index contributed by atoms with van der Waals surface area (Å²) in [5.41, 5.74) is 0. The molecule has 0 spiro atoms. The van der Waals surface area contributed by atoms with Crippen LogP contribution in [0.5, 0.6) is 0 Å². The van der Waals surface area contributed by atoms with Crippen LogP contribution in [0.1, 0.15) is 35.9 Å². The topological polar surface area (TPSA) is 29.1 Å². The molecule has 1 heterocycles. The van der Waals surface area contributed by atoms with Gasteiger partial charge in [-0.3, -0.25) is 4.79 Å². The van der Waals surface area contributed by atoms with E-state index in [1.807, 2.05) is 5.38 Å². The first-order valence-electron chi connectivity index (χ1n) is 4.79. The summed E-state index contributed by atoms with van der Waals surface area (Å²) in [6.07, 6.45) is 3.40. The Kier molecular flexibility index (Phi) is 5.04. The van der Waals surface area contributed by atoms with Crippen molar-refractivity contribution in [2.75, 3.05) is 6.54 Å². The molecule has 0 aromatic carbocycles. The van der Waals surface area contributed by atoms with Gasteiger partial charge < -0.3 is 5.32 Å². The van der Waals surface area contributed by atoms with Gasteiger partial charge in [0, 0.05) is 16.8 Å². The van der Waals surface area contributed by atoms with Crippen molar-refractivity contribution in [1.29, 1.82) is 0 Å². The van der Waals surface area contributed by atoms with Gasteiger partial charge >= 0.3 is 0 Å². The molecule has 0 unspecified atom stereocenters. The van der Waals surface area contributed by atoms with Crippen LogP contribution in [0.2, 0.25) is 0 Å². The molecule has 1 N–H and O–H groups in total. The van der Waals surface area contributed by atoms with Gasteiger partial charge in [0.2, 0.25) is 0 Å². The van der Waals surface area contributed by atoms with Crippen LogP contribution in [0.4, 0.5) is 0 Å². The zero-order valence-electron chi connectivity index (χ0n) is 8.25. The third kappa shape index (κ3) is 3.72. The number of thiol groups is 1. The smallest absolute Gasteiger partial charge is 0.261 e. The fraction of sp³-hybridized carbons (Fsp3) is 0.500. The minimum atomic E-state index is 0.0198. The predicted octanol–water partition coefficient (Wildman–Crippen LogP) is 2.96. The lowest BCUT2D eigenvalue weighted by atomic mass is 10.2. The Labute approximate surface area is 94.1 Å². The number of hydrogen-bond donors (Lipinski definition) is 2. The molecule has 0 saturated carbocycles. The van der Waals surface area contributed by atoms with Crippen molar-refractivity contribution in [2.45, 2.75) is 31.1 Å². The molecule has 1 aromatic heterocycles. The van der Waals surface area contributed by atoms with Gasteiger partial charge in [0.25, 0.3) is 5.91 Å². The monoisotopic (exact) mass is 229 g/mol. The Balaban J connectivity index is 2.29. The molecule has 0 saturated heterocycles. The molecule has 0 aliphatic rings. The molecular weight excluding hydrogens is 214 g/mol. The summed E-state index contributed by atoms with van der Waals surface area (Å²) < 4.78 is 0. The van der Waals surface area contributed by atoms with Crippen LogP contribution in [0.3, 0.4) is 0 Å². The number of thiophene rings is 1. The normalized spacial score (nSPS) is 10.1. The van der Waals surface area contributed by atoms with Gasteiger partial charge in [0.05, 0.1) is 4.88 Å². The molecule has 0 aliphatic carbocycles. The van der Waals surface area contributed by atoms with E-state index in [0.717, 1.165) is 22.7 Å². The van der Waals surface area contributed by atoms with Crippen molar-refractivity contribution in [3.63, 3.8) is 0 Å². The number of amides is 1. The number of rotatable bonds is 5. The molecule has 4 heteroatoms. The Morgan fingerprint density at radius 3 is 2.93 bits per heavy atom. The lowest BCUT2D eigenvalue weighted by molar-refractivity contribution is 0.0957. The quantitative estimate of drug-likeness (QED) is 0.590. The van der Waals surface area contributed by atoms with E-state index >= 15 is 0 Å². The van der Waals surface area contributed by atoms with E-state index in [4.69, 9.17) is 0 Å². The summed E-state index contributed by atoms with van der Waals surface area (Å²) >= 11 is 5.59. The summed E-state index contributed by atoms with van der Waals surface area (Å²) in [5.74, 6) is 0.0198. The lowest BCUT2D eigenvalue weighted by Gasteiger charge is -2.01. The Morgan fingerprint density at radius 2 is 2.36 bits per heavy atom.